The molecule has 0 saturated carbocycles. The van der Waals surface area contributed by atoms with Gasteiger partial charge in [0.15, 0.2) is 0 Å². The molecule has 0 aliphatic heterocycles. The standard InChI is InChI=1S/C4H6OS2/c1-2-3(6)4(5)7/h2-3,6H,1H2,(H,5,7). The Morgan fingerprint density at radius 1 is 1.86 bits per heavy atom. The number of carbonyl (C=O) groups excluding carboxylic acids is 1. The molecule has 1 nitrogen and oxygen atoms in total. The van der Waals surface area contributed by atoms with E-state index in [-0.39, 0.29) is 5.12 Å². The molecule has 0 aliphatic carbocycles. The largest absolute Gasteiger partial charge is 0.286 e. The normalized spacial score (nSPS) is 12.9. The summed E-state index contributed by atoms with van der Waals surface area (Å²) in [5.41, 5.74) is 0. The Bertz CT molecular complexity index is 89.7. The SMILES string of the molecule is C=CC(S)C(=O)S. The second-order valence-corrected chi connectivity index (χ2v) is 2.02. The predicted molar refractivity (Wildman–Crippen MR) is 37.0 cm³/mol. The molecule has 7 heavy (non-hydrogen) atoms. The molecule has 0 amide bonds. The highest BCUT2D eigenvalue weighted by molar-refractivity contribution is 7.99. The Balaban J connectivity index is 3.55. The number of rotatable bonds is 2. The van der Waals surface area contributed by atoms with Crippen LogP contribution in [0, 0.1) is 0 Å². The molecule has 0 heterocycles. The first-order valence-electron chi connectivity index (χ1n) is 1.72. The van der Waals surface area contributed by atoms with Crippen molar-refractivity contribution >= 4 is 30.4 Å². The molecular formula is C4H6OS2. The molecule has 0 aromatic carbocycles. The Kier molecular flexibility index (Phi) is 3.21. The van der Waals surface area contributed by atoms with Gasteiger partial charge in [0.25, 0.3) is 0 Å². The van der Waals surface area contributed by atoms with Crippen LogP contribution in [0.1, 0.15) is 0 Å². The topological polar surface area (TPSA) is 17.1 Å². The second-order valence-electron chi connectivity index (χ2n) is 1.02. The van der Waals surface area contributed by atoms with Crippen molar-refractivity contribution in [2.24, 2.45) is 0 Å². The number of hydrogen-bond donors (Lipinski definition) is 2. The van der Waals surface area contributed by atoms with E-state index in [1.807, 2.05) is 0 Å². The van der Waals surface area contributed by atoms with Gasteiger partial charge >= 0.3 is 0 Å². The average Bonchev–Trinajstić information content (AvgIpc) is 1.65. The number of carbonyl (C=O) groups is 1. The summed E-state index contributed by atoms with van der Waals surface area (Å²) in [4.78, 5) is 10.1. The predicted octanol–water partition coefficient (Wildman–Crippen LogP) is 0.927. The zero-order valence-electron chi connectivity index (χ0n) is 3.66. The van der Waals surface area contributed by atoms with E-state index < -0.39 is 5.25 Å². The molecule has 0 aromatic heterocycles. The number of hydrogen-bond acceptors (Lipinski definition) is 2. The van der Waals surface area contributed by atoms with E-state index in [1.165, 1.54) is 6.08 Å². The smallest absolute Gasteiger partial charge is 0.202 e. The average molecular weight is 134 g/mol. The maximum atomic E-state index is 10.1. The van der Waals surface area contributed by atoms with Gasteiger partial charge in [0.2, 0.25) is 5.12 Å². The summed E-state index contributed by atoms with van der Waals surface area (Å²) in [5, 5.41) is -0.679. The van der Waals surface area contributed by atoms with Crippen LogP contribution in [-0.4, -0.2) is 10.4 Å². The van der Waals surface area contributed by atoms with E-state index in [2.05, 4.69) is 31.8 Å². The van der Waals surface area contributed by atoms with Gasteiger partial charge in [0.05, 0.1) is 5.25 Å². The summed E-state index contributed by atoms with van der Waals surface area (Å²) >= 11 is 7.27. The minimum absolute atomic E-state index is 0.265. The summed E-state index contributed by atoms with van der Waals surface area (Å²) < 4.78 is 0. The van der Waals surface area contributed by atoms with Crippen molar-refractivity contribution in [1.82, 2.24) is 0 Å². The Labute approximate surface area is 53.6 Å². The van der Waals surface area contributed by atoms with Crippen LogP contribution in [0.15, 0.2) is 12.7 Å². The molecule has 0 aromatic rings. The van der Waals surface area contributed by atoms with Crippen LogP contribution in [0.2, 0.25) is 0 Å². The van der Waals surface area contributed by atoms with E-state index in [0.717, 1.165) is 0 Å². The first-order valence-corrected chi connectivity index (χ1v) is 2.68. The second kappa shape index (κ2) is 3.16. The molecule has 0 bridgehead atoms. The molecule has 40 valence electrons. The van der Waals surface area contributed by atoms with Crippen LogP contribution in [0.3, 0.4) is 0 Å². The van der Waals surface area contributed by atoms with E-state index in [1.54, 1.807) is 0 Å². The van der Waals surface area contributed by atoms with Crippen molar-refractivity contribution in [3.63, 3.8) is 0 Å². The van der Waals surface area contributed by atoms with Gasteiger partial charge in [-0.05, 0) is 0 Å². The maximum Gasteiger partial charge on any atom is 0.202 e. The lowest BCUT2D eigenvalue weighted by atomic mass is 10.5. The van der Waals surface area contributed by atoms with E-state index in [9.17, 15) is 4.79 Å². The zero-order chi connectivity index (χ0) is 5.86. The van der Waals surface area contributed by atoms with Gasteiger partial charge in [0.1, 0.15) is 0 Å². The molecule has 0 fully saturated rings. The molecule has 0 N–H and O–H groups in total. The summed E-state index contributed by atoms with van der Waals surface area (Å²) in [6.07, 6.45) is 1.43. The molecule has 1 unspecified atom stereocenters. The van der Waals surface area contributed by atoms with Crippen LogP contribution < -0.4 is 0 Å². The third-order valence-corrected chi connectivity index (χ3v) is 1.40. The Hall–Kier alpha value is 0.110. The van der Waals surface area contributed by atoms with Crippen LogP contribution in [0.5, 0.6) is 0 Å². The third-order valence-electron chi connectivity index (χ3n) is 0.476. The monoisotopic (exact) mass is 134 g/mol. The third kappa shape index (κ3) is 2.76. The van der Waals surface area contributed by atoms with Crippen LogP contribution in [-0.2, 0) is 4.79 Å². The molecule has 3 heteroatoms. The molecule has 0 aliphatic rings. The fraction of sp³-hybridized carbons (Fsp3) is 0.250. The molecule has 0 radical (unpaired) electrons. The highest BCUT2D eigenvalue weighted by Crippen LogP contribution is 1.98. The van der Waals surface area contributed by atoms with Gasteiger partial charge in [-0.3, -0.25) is 4.79 Å². The fourth-order valence-corrected chi connectivity index (χ4v) is 0.206. The molecule has 1 atom stereocenters. The van der Waals surface area contributed by atoms with Crippen LogP contribution in [0.25, 0.3) is 0 Å². The van der Waals surface area contributed by atoms with E-state index >= 15 is 0 Å². The first kappa shape index (κ1) is 7.11. The lowest BCUT2D eigenvalue weighted by molar-refractivity contribution is -0.109. The van der Waals surface area contributed by atoms with Crippen molar-refractivity contribution in [2.75, 3.05) is 0 Å². The first-order chi connectivity index (χ1) is 3.18. The summed E-state index contributed by atoms with van der Waals surface area (Å²) in [5.74, 6) is 0. The summed E-state index contributed by atoms with van der Waals surface area (Å²) in [6, 6.07) is 0. The Morgan fingerprint density at radius 3 is 2.29 bits per heavy atom. The zero-order valence-corrected chi connectivity index (χ0v) is 5.45. The maximum absolute atomic E-state index is 10.1. The lowest BCUT2D eigenvalue weighted by Crippen LogP contribution is -2.01. The lowest BCUT2D eigenvalue weighted by Gasteiger charge is -1.91. The minimum Gasteiger partial charge on any atom is -0.286 e. The molecule has 0 spiro atoms. The van der Waals surface area contributed by atoms with Gasteiger partial charge in [-0.15, -0.1) is 19.2 Å². The van der Waals surface area contributed by atoms with Crippen molar-refractivity contribution in [3.05, 3.63) is 12.7 Å². The Morgan fingerprint density at radius 2 is 2.29 bits per heavy atom. The van der Waals surface area contributed by atoms with Crippen LogP contribution in [0.4, 0.5) is 0 Å². The molecule has 0 saturated heterocycles. The van der Waals surface area contributed by atoms with E-state index in [4.69, 9.17) is 0 Å². The van der Waals surface area contributed by atoms with Gasteiger partial charge in [-0.25, -0.2) is 0 Å². The van der Waals surface area contributed by atoms with Crippen molar-refractivity contribution in [2.45, 2.75) is 5.25 Å². The van der Waals surface area contributed by atoms with Gasteiger partial charge in [-0.1, -0.05) is 6.08 Å². The van der Waals surface area contributed by atoms with E-state index in [0.29, 0.717) is 0 Å². The van der Waals surface area contributed by atoms with Crippen molar-refractivity contribution < 1.29 is 4.79 Å². The van der Waals surface area contributed by atoms with Crippen LogP contribution >= 0.6 is 25.3 Å². The van der Waals surface area contributed by atoms with Gasteiger partial charge in [0, 0.05) is 0 Å². The van der Waals surface area contributed by atoms with Gasteiger partial charge < -0.3 is 0 Å². The van der Waals surface area contributed by atoms with Crippen molar-refractivity contribution in [1.29, 1.82) is 0 Å². The highest BCUT2D eigenvalue weighted by atomic mass is 32.1. The minimum atomic E-state index is -0.414. The van der Waals surface area contributed by atoms with Gasteiger partial charge in [-0.2, -0.15) is 12.6 Å². The quantitative estimate of drug-likeness (QED) is 0.424. The number of thiol groups is 2. The van der Waals surface area contributed by atoms with Crippen molar-refractivity contribution in [3.8, 4) is 0 Å². The molecular weight excluding hydrogens is 128 g/mol. The molecule has 0 rings (SSSR count). The fourth-order valence-electron chi connectivity index (χ4n) is 0.101. The highest BCUT2D eigenvalue weighted by Gasteiger charge is 2.00. The summed E-state index contributed by atoms with van der Waals surface area (Å²) in [6.45, 7) is 3.34. The summed E-state index contributed by atoms with van der Waals surface area (Å²) in [7, 11) is 0.